The molecule has 3 rings (SSSR count). The van der Waals surface area contributed by atoms with E-state index in [2.05, 4.69) is 22.9 Å². The summed E-state index contributed by atoms with van der Waals surface area (Å²) in [5, 5.41) is 0. The van der Waals surface area contributed by atoms with Gasteiger partial charge in [0.2, 0.25) is 0 Å². The maximum Gasteiger partial charge on any atom is 0.270 e. The third-order valence-electron chi connectivity index (χ3n) is 4.01. The van der Waals surface area contributed by atoms with Crippen LogP contribution in [-0.4, -0.2) is 46.5 Å². The molecule has 0 saturated carbocycles. The van der Waals surface area contributed by atoms with Crippen molar-refractivity contribution in [2.75, 3.05) is 31.1 Å². The minimum absolute atomic E-state index is 0.111. The summed E-state index contributed by atoms with van der Waals surface area (Å²) < 4.78 is 1.87. The van der Waals surface area contributed by atoms with Gasteiger partial charge in [0, 0.05) is 45.6 Å². The van der Waals surface area contributed by atoms with Crippen LogP contribution in [0, 0.1) is 6.92 Å². The van der Waals surface area contributed by atoms with Gasteiger partial charge in [-0.1, -0.05) is 6.07 Å². The van der Waals surface area contributed by atoms with Crippen molar-refractivity contribution in [2.45, 2.75) is 6.92 Å². The Labute approximate surface area is 124 Å². The van der Waals surface area contributed by atoms with Crippen molar-refractivity contribution in [1.29, 1.82) is 0 Å². The van der Waals surface area contributed by atoms with E-state index >= 15 is 0 Å². The highest BCUT2D eigenvalue weighted by Gasteiger charge is 2.24. The van der Waals surface area contributed by atoms with Gasteiger partial charge in [-0.15, -0.1) is 0 Å². The Kier molecular flexibility index (Phi) is 3.64. The van der Waals surface area contributed by atoms with E-state index in [0.717, 1.165) is 37.7 Å². The van der Waals surface area contributed by atoms with E-state index in [-0.39, 0.29) is 5.91 Å². The first-order valence-electron chi connectivity index (χ1n) is 7.24. The van der Waals surface area contributed by atoms with Crippen LogP contribution in [0.4, 0.5) is 5.82 Å². The van der Waals surface area contributed by atoms with E-state index in [1.54, 1.807) is 0 Å². The van der Waals surface area contributed by atoms with E-state index in [9.17, 15) is 4.79 Å². The van der Waals surface area contributed by atoms with Crippen molar-refractivity contribution in [3.8, 4) is 0 Å². The molecule has 1 amide bonds. The molecular formula is C16H20N4O. The van der Waals surface area contributed by atoms with E-state index < -0.39 is 0 Å². The number of aromatic nitrogens is 2. The van der Waals surface area contributed by atoms with Crippen LogP contribution >= 0.6 is 0 Å². The van der Waals surface area contributed by atoms with Gasteiger partial charge >= 0.3 is 0 Å². The number of piperazine rings is 1. The highest BCUT2D eigenvalue weighted by molar-refractivity contribution is 5.92. The zero-order valence-electron chi connectivity index (χ0n) is 12.5. The van der Waals surface area contributed by atoms with Gasteiger partial charge < -0.3 is 14.4 Å². The number of amides is 1. The van der Waals surface area contributed by atoms with Crippen LogP contribution < -0.4 is 4.90 Å². The third-order valence-corrected chi connectivity index (χ3v) is 4.01. The number of carbonyl (C=O) groups excluding carboxylic acids is 1. The number of anilines is 1. The SMILES string of the molecule is Cc1cccnc1N1CCN(C(=O)c2cccn2C)CC1. The van der Waals surface area contributed by atoms with E-state index in [0.29, 0.717) is 0 Å². The average Bonchev–Trinajstić information content (AvgIpc) is 2.93. The van der Waals surface area contributed by atoms with Gasteiger partial charge in [0.25, 0.3) is 5.91 Å². The third kappa shape index (κ3) is 2.63. The predicted molar refractivity (Wildman–Crippen MR) is 82.5 cm³/mol. The number of hydrogen-bond acceptors (Lipinski definition) is 3. The van der Waals surface area contributed by atoms with Gasteiger partial charge in [-0.2, -0.15) is 0 Å². The molecule has 2 aromatic heterocycles. The fraction of sp³-hybridized carbons (Fsp3) is 0.375. The highest BCUT2D eigenvalue weighted by Crippen LogP contribution is 2.18. The minimum atomic E-state index is 0.111. The lowest BCUT2D eigenvalue weighted by atomic mass is 10.2. The number of nitrogens with zero attached hydrogens (tertiary/aromatic N) is 4. The van der Waals surface area contributed by atoms with E-state index in [1.807, 2.05) is 47.1 Å². The van der Waals surface area contributed by atoms with Crippen LogP contribution in [0.15, 0.2) is 36.7 Å². The van der Waals surface area contributed by atoms with Crippen molar-refractivity contribution in [2.24, 2.45) is 7.05 Å². The van der Waals surface area contributed by atoms with Gasteiger partial charge in [-0.05, 0) is 30.7 Å². The average molecular weight is 284 g/mol. The van der Waals surface area contributed by atoms with Gasteiger partial charge in [0.15, 0.2) is 0 Å². The van der Waals surface area contributed by atoms with Crippen LogP contribution in [0.2, 0.25) is 0 Å². The number of rotatable bonds is 2. The summed E-state index contributed by atoms with van der Waals surface area (Å²) in [6.07, 6.45) is 3.73. The Hall–Kier alpha value is -2.30. The summed E-state index contributed by atoms with van der Waals surface area (Å²) in [6.45, 7) is 5.20. The Morgan fingerprint density at radius 1 is 1.14 bits per heavy atom. The van der Waals surface area contributed by atoms with Crippen molar-refractivity contribution in [3.63, 3.8) is 0 Å². The number of hydrogen-bond donors (Lipinski definition) is 0. The molecule has 5 heteroatoms. The van der Waals surface area contributed by atoms with Crippen LogP contribution in [0.5, 0.6) is 0 Å². The molecule has 1 aliphatic rings. The number of carbonyl (C=O) groups is 1. The van der Waals surface area contributed by atoms with Gasteiger partial charge in [-0.3, -0.25) is 4.79 Å². The lowest BCUT2D eigenvalue weighted by Gasteiger charge is -2.36. The summed E-state index contributed by atoms with van der Waals surface area (Å²) in [4.78, 5) is 21.1. The Morgan fingerprint density at radius 3 is 2.52 bits per heavy atom. The molecule has 0 radical (unpaired) electrons. The monoisotopic (exact) mass is 284 g/mol. The van der Waals surface area contributed by atoms with E-state index in [1.165, 1.54) is 5.56 Å². The molecule has 0 N–H and O–H groups in total. The van der Waals surface area contributed by atoms with Crippen LogP contribution in [-0.2, 0) is 7.05 Å². The Balaban J connectivity index is 1.67. The number of aryl methyl sites for hydroxylation is 2. The van der Waals surface area contributed by atoms with Gasteiger partial charge in [0.1, 0.15) is 11.5 Å². The molecule has 5 nitrogen and oxygen atoms in total. The highest BCUT2D eigenvalue weighted by atomic mass is 16.2. The lowest BCUT2D eigenvalue weighted by Crippen LogP contribution is -2.49. The molecule has 3 heterocycles. The maximum atomic E-state index is 12.5. The summed E-state index contributed by atoms with van der Waals surface area (Å²) in [6, 6.07) is 7.80. The second-order valence-corrected chi connectivity index (χ2v) is 5.43. The van der Waals surface area contributed by atoms with Crippen molar-refractivity contribution < 1.29 is 4.79 Å². The Morgan fingerprint density at radius 2 is 1.90 bits per heavy atom. The fourth-order valence-corrected chi connectivity index (χ4v) is 2.78. The minimum Gasteiger partial charge on any atom is -0.353 e. The standard InChI is InChI=1S/C16H20N4O/c1-13-5-3-7-17-15(13)19-9-11-20(12-10-19)16(21)14-6-4-8-18(14)2/h3-8H,9-12H2,1-2H3. The largest absolute Gasteiger partial charge is 0.353 e. The molecule has 110 valence electrons. The Bertz CT molecular complexity index is 641. The van der Waals surface area contributed by atoms with Crippen molar-refractivity contribution in [3.05, 3.63) is 47.9 Å². The maximum absolute atomic E-state index is 12.5. The van der Waals surface area contributed by atoms with Gasteiger partial charge in [0.05, 0.1) is 0 Å². The first-order valence-corrected chi connectivity index (χ1v) is 7.24. The quantitative estimate of drug-likeness (QED) is 0.842. The molecule has 0 atom stereocenters. The molecule has 0 bridgehead atoms. The van der Waals surface area contributed by atoms with Gasteiger partial charge in [-0.25, -0.2) is 4.98 Å². The molecular weight excluding hydrogens is 264 g/mol. The van der Waals surface area contributed by atoms with Crippen LogP contribution in [0.25, 0.3) is 0 Å². The molecule has 0 spiro atoms. The second kappa shape index (κ2) is 5.60. The number of pyridine rings is 1. The van der Waals surface area contributed by atoms with Crippen LogP contribution in [0.3, 0.4) is 0 Å². The smallest absolute Gasteiger partial charge is 0.270 e. The normalized spacial score (nSPS) is 15.3. The topological polar surface area (TPSA) is 41.4 Å². The molecule has 1 saturated heterocycles. The molecule has 0 aliphatic carbocycles. The van der Waals surface area contributed by atoms with Crippen LogP contribution in [0.1, 0.15) is 16.1 Å². The summed E-state index contributed by atoms with van der Waals surface area (Å²) in [5.74, 6) is 1.14. The first-order chi connectivity index (χ1) is 10.2. The molecule has 1 fully saturated rings. The van der Waals surface area contributed by atoms with Crippen molar-refractivity contribution in [1.82, 2.24) is 14.5 Å². The molecule has 1 aliphatic heterocycles. The summed E-state index contributed by atoms with van der Waals surface area (Å²) in [5.41, 5.74) is 1.93. The molecule has 0 aromatic carbocycles. The lowest BCUT2D eigenvalue weighted by molar-refractivity contribution is 0.0737. The molecule has 2 aromatic rings. The molecule has 0 unspecified atom stereocenters. The fourth-order valence-electron chi connectivity index (χ4n) is 2.78. The predicted octanol–water partition coefficient (Wildman–Crippen LogP) is 1.69. The zero-order chi connectivity index (χ0) is 14.8. The summed E-state index contributed by atoms with van der Waals surface area (Å²) in [7, 11) is 1.90. The zero-order valence-corrected chi connectivity index (χ0v) is 12.5. The van der Waals surface area contributed by atoms with E-state index in [4.69, 9.17) is 0 Å². The summed E-state index contributed by atoms with van der Waals surface area (Å²) >= 11 is 0. The molecule has 21 heavy (non-hydrogen) atoms. The first kappa shape index (κ1) is 13.7. The van der Waals surface area contributed by atoms with Crippen molar-refractivity contribution >= 4 is 11.7 Å². The second-order valence-electron chi connectivity index (χ2n) is 5.43.